The fourth-order valence-electron chi connectivity index (χ4n) is 3.57. The largest absolute Gasteiger partial charge is 0.376 e. The SMILES string of the molecule is CC(C)C(=O)Nc1ccc(NCC(=O)Nc2ccc(C(=O)NC3CCCCC3)cc2)cc1. The lowest BCUT2D eigenvalue weighted by Gasteiger charge is -2.22. The van der Waals surface area contributed by atoms with Crippen LogP contribution in [0.5, 0.6) is 0 Å². The van der Waals surface area contributed by atoms with E-state index < -0.39 is 0 Å². The Morgan fingerprint density at radius 3 is 2.00 bits per heavy atom. The molecule has 1 aliphatic carbocycles. The van der Waals surface area contributed by atoms with Crippen LogP contribution in [0.3, 0.4) is 0 Å². The molecule has 4 N–H and O–H groups in total. The zero-order valence-electron chi connectivity index (χ0n) is 18.7. The summed E-state index contributed by atoms with van der Waals surface area (Å²) in [5.74, 6) is -0.384. The molecular weight excluding hydrogens is 404 g/mol. The van der Waals surface area contributed by atoms with Crippen molar-refractivity contribution in [3.05, 3.63) is 54.1 Å². The number of carbonyl (C=O) groups excluding carboxylic acids is 3. The van der Waals surface area contributed by atoms with Crippen LogP contribution in [-0.2, 0) is 9.59 Å². The molecule has 2 aromatic carbocycles. The van der Waals surface area contributed by atoms with E-state index in [9.17, 15) is 14.4 Å². The molecule has 0 radical (unpaired) electrons. The van der Waals surface area contributed by atoms with Gasteiger partial charge < -0.3 is 21.3 Å². The Balaban J connectivity index is 1.43. The van der Waals surface area contributed by atoms with Gasteiger partial charge >= 0.3 is 0 Å². The molecular formula is C25H32N4O3. The highest BCUT2D eigenvalue weighted by molar-refractivity contribution is 5.97. The van der Waals surface area contributed by atoms with Gasteiger partial charge in [-0.3, -0.25) is 14.4 Å². The first kappa shape index (κ1) is 23.3. The lowest BCUT2D eigenvalue weighted by Crippen LogP contribution is -2.36. The Hall–Kier alpha value is -3.35. The van der Waals surface area contributed by atoms with Crippen LogP contribution < -0.4 is 21.3 Å². The summed E-state index contributed by atoms with van der Waals surface area (Å²) in [5.41, 5.74) is 2.72. The maximum absolute atomic E-state index is 12.4. The van der Waals surface area contributed by atoms with Gasteiger partial charge in [0.05, 0.1) is 6.54 Å². The van der Waals surface area contributed by atoms with Gasteiger partial charge in [0, 0.05) is 34.6 Å². The van der Waals surface area contributed by atoms with Crippen molar-refractivity contribution in [3.63, 3.8) is 0 Å². The topological polar surface area (TPSA) is 99.3 Å². The van der Waals surface area contributed by atoms with Gasteiger partial charge in [-0.2, -0.15) is 0 Å². The molecule has 0 aliphatic heterocycles. The van der Waals surface area contributed by atoms with E-state index in [2.05, 4.69) is 21.3 Å². The molecule has 7 heteroatoms. The third-order valence-electron chi connectivity index (χ3n) is 5.50. The molecule has 1 fully saturated rings. The predicted molar refractivity (Wildman–Crippen MR) is 128 cm³/mol. The van der Waals surface area contributed by atoms with Crippen molar-refractivity contribution in [2.45, 2.75) is 52.0 Å². The number of amides is 3. The Labute approximate surface area is 189 Å². The minimum Gasteiger partial charge on any atom is -0.376 e. The van der Waals surface area contributed by atoms with Crippen molar-refractivity contribution >= 4 is 34.8 Å². The minimum atomic E-state index is -0.193. The van der Waals surface area contributed by atoms with Crippen molar-refractivity contribution in [3.8, 4) is 0 Å². The second-order valence-electron chi connectivity index (χ2n) is 8.51. The highest BCUT2D eigenvalue weighted by Crippen LogP contribution is 2.18. The number of hydrogen-bond acceptors (Lipinski definition) is 4. The third kappa shape index (κ3) is 7.11. The van der Waals surface area contributed by atoms with Gasteiger partial charge in [-0.05, 0) is 61.4 Å². The summed E-state index contributed by atoms with van der Waals surface area (Å²) in [6.07, 6.45) is 5.67. The van der Waals surface area contributed by atoms with E-state index in [0.717, 1.165) is 18.5 Å². The molecule has 1 saturated carbocycles. The number of rotatable bonds is 8. The van der Waals surface area contributed by atoms with E-state index in [1.165, 1.54) is 19.3 Å². The lowest BCUT2D eigenvalue weighted by atomic mass is 9.95. The monoisotopic (exact) mass is 436 g/mol. The molecule has 0 bridgehead atoms. The molecule has 3 rings (SSSR count). The van der Waals surface area contributed by atoms with Crippen molar-refractivity contribution in [1.29, 1.82) is 0 Å². The summed E-state index contributed by atoms with van der Waals surface area (Å²) in [7, 11) is 0. The molecule has 32 heavy (non-hydrogen) atoms. The van der Waals surface area contributed by atoms with E-state index in [1.807, 2.05) is 26.0 Å². The van der Waals surface area contributed by atoms with Crippen molar-refractivity contribution < 1.29 is 14.4 Å². The highest BCUT2D eigenvalue weighted by atomic mass is 16.2. The molecule has 0 unspecified atom stereocenters. The summed E-state index contributed by atoms with van der Waals surface area (Å²) in [6, 6.07) is 14.4. The third-order valence-corrected chi connectivity index (χ3v) is 5.50. The van der Waals surface area contributed by atoms with Crippen LogP contribution in [0.1, 0.15) is 56.3 Å². The Morgan fingerprint density at radius 2 is 1.38 bits per heavy atom. The smallest absolute Gasteiger partial charge is 0.251 e. The first-order chi connectivity index (χ1) is 15.4. The average Bonchev–Trinajstić information content (AvgIpc) is 2.79. The second-order valence-corrected chi connectivity index (χ2v) is 8.51. The number of carbonyl (C=O) groups is 3. The highest BCUT2D eigenvalue weighted by Gasteiger charge is 2.16. The van der Waals surface area contributed by atoms with Gasteiger partial charge in [-0.1, -0.05) is 33.1 Å². The van der Waals surface area contributed by atoms with Crippen LogP contribution in [0.25, 0.3) is 0 Å². The van der Waals surface area contributed by atoms with Crippen LogP contribution in [0.2, 0.25) is 0 Å². The maximum atomic E-state index is 12.4. The van der Waals surface area contributed by atoms with E-state index >= 15 is 0 Å². The first-order valence-corrected chi connectivity index (χ1v) is 11.3. The minimum absolute atomic E-state index is 0.0393. The lowest BCUT2D eigenvalue weighted by molar-refractivity contribution is -0.119. The van der Waals surface area contributed by atoms with Gasteiger partial charge in [0.1, 0.15) is 0 Å². The van der Waals surface area contributed by atoms with Gasteiger partial charge in [-0.15, -0.1) is 0 Å². The number of nitrogens with one attached hydrogen (secondary N) is 4. The molecule has 2 aromatic rings. The Kier molecular flexibility index (Phi) is 8.25. The van der Waals surface area contributed by atoms with Gasteiger partial charge in [0.2, 0.25) is 11.8 Å². The Bertz CT molecular complexity index is 917. The number of hydrogen-bond donors (Lipinski definition) is 4. The number of benzene rings is 2. The summed E-state index contributed by atoms with van der Waals surface area (Å²) in [6.45, 7) is 3.77. The normalized spacial score (nSPS) is 14.0. The Morgan fingerprint density at radius 1 is 0.812 bits per heavy atom. The maximum Gasteiger partial charge on any atom is 0.251 e. The van der Waals surface area contributed by atoms with Gasteiger partial charge in [0.15, 0.2) is 0 Å². The van der Waals surface area contributed by atoms with Gasteiger partial charge in [-0.25, -0.2) is 0 Å². The van der Waals surface area contributed by atoms with Crippen molar-refractivity contribution in [2.75, 3.05) is 22.5 Å². The fraction of sp³-hybridized carbons (Fsp3) is 0.400. The number of anilines is 3. The molecule has 7 nitrogen and oxygen atoms in total. The zero-order valence-corrected chi connectivity index (χ0v) is 18.7. The summed E-state index contributed by atoms with van der Waals surface area (Å²) in [4.78, 5) is 36.4. The molecule has 0 heterocycles. The second kappa shape index (κ2) is 11.3. The molecule has 0 spiro atoms. The quantitative estimate of drug-likeness (QED) is 0.493. The van der Waals surface area contributed by atoms with Crippen LogP contribution in [0.15, 0.2) is 48.5 Å². The van der Waals surface area contributed by atoms with E-state index in [0.29, 0.717) is 16.9 Å². The van der Waals surface area contributed by atoms with Gasteiger partial charge in [0.25, 0.3) is 5.91 Å². The average molecular weight is 437 g/mol. The molecule has 0 atom stereocenters. The predicted octanol–water partition coefficient (Wildman–Crippen LogP) is 4.39. The zero-order chi connectivity index (χ0) is 22.9. The molecule has 3 amide bonds. The summed E-state index contributed by atoms with van der Waals surface area (Å²) >= 11 is 0. The summed E-state index contributed by atoms with van der Waals surface area (Å²) < 4.78 is 0. The van der Waals surface area contributed by atoms with Crippen LogP contribution in [-0.4, -0.2) is 30.3 Å². The molecule has 1 aliphatic rings. The molecule has 170 valence electrons. The van der Waals surface area contributed by atoms with E-state index in [-0.39, 0.29) is 36.2 Å². The van der Waals surface area contributed by atoms with Crippen LogP contribution >= 0.6 is 0 Å². The van der Waals surface area contributed by atoms with Crippen molar-refractivity contribution in [2.24, 2.45) is 5.92 Å². The van der Waals surface area contributed by atoms with Crippen LogP contribution in [0.4, 0.5) is 17.1 Å². The van der Waals surface area contributed by atoms with Crippen LogP contribution in [0, 0.1) is 5.92 Å². The molecule has 0 saturated heterocycles. The van der Waals surface area contributed by atoms with E-state index in [4.69, 9.17) is 0 Å². The molecule has 0 aromatic heterocycles. The summed E-state index contributed by atoms with van der Waals surface area (Å²) in [5, 5.41) is 11.8. The van der Waals surface area contributed by atoms with E-state index in [1.54, 1.807) is 36.4 Å². The fourth-order valence-corrected chi connectivity index (χ4v) is 3.57. The van der Waals surface area contributed by atoms with Crippen molar-refractivity contribution in [1.82, 2.24) is 5.32 Å². The standard InChI is InChI=1S/C25H32N4O3/c1-17(2)24(31)28-22-14-12-19(13-15-22)26-16-23(30)27-21-10-8-18(9-11-21)25(32)29-20-6-4-3-5-7-20/h8-15,17,20,26H,3-7,16H2,1-2H3,(H,27,30)(H,28,31)(H,29,32). The first-order valence-electron chi connectivity index (χ1n) is 11.3.